The molecule has 2 aliphatic heterocycles. The Labute approximate surface area is 236 Å². The molecule has 7 atom stereocenters. The molecule has 212 valence electrons. The minimum atomic E-state index is -1.07. The van der Waals surface area contributed by atoms with Crippen molar-refractivity contribution in [1.82, 2.24) is 4.90 Å². The van der Waals surface area contributed by atoms with Crippen LogP contribution in [-0.2, 0) is 19.9 Å². The first-order chi connectivity index (χ1) is 19.2. The van der Waals surface area contributed by atoms with Gasteiger partial charge in [-0.1, -0.05) is 68.4 Å². The van der Waals surface area contributed by atoms with Crippen LogP contribution in [0.4, 0.5) is 0 Å². The Morgan fingerprint density at radius 1 is 0.750 bits per heavy atom. The van der Waals surface area contributed by atoms with E-state index in [1.54, 1.807) is 14.2 Å². The Balaban J connectivity index is 1.75. The molecule has 0 aliphatic carbocycles. The zero-order valence-corrected chi connectivity index (χ0v) is 24.0. The second-order valence-corrected chi connectivity index (χ2v) is 11.0. The van der Waals surface area contributed by atoms with Gasteiger partial charge in [-0.2, -0.15) is 0 Å². The molecule has 0 saturated carbocycles. The molecular weight excluding hydrogens is 506 g/mol. The Kier molecular flexibility index (Phi) is 7.91. The van der Waals surface area contributed by atoms with Crippen LogP contribution in [0.3, 0.4) is 0 Å². The van der Waals surface area contributed by atoms with Crippen molar-refractivity contribution in [2.24, 2.45) is 11.8 Å². The van der Waals surface area contributed by atoms with Gasteiger partial charge in [0, 0.05) is 24.8 Å². The highest BCUT2D eigenvalue weighted by atomic mass is 16.6. The molecule has 3 aromatic carbocycles. The Morgan fingerprint density at radius 3 is 1.65 bits per heavy atom. The van der Waals surface area contributed by atoms with Crippen LogP contribution in [0.5, 0.6) is 11.5 Å². The van der Waals surface area contributed by atoms with Gasteiger partial charge in [-0.05, 0) is 48.0 Å². The summed E-state index contributed by atoms with van der Waals surface area (Å²) in [5, 5.41) is 11.2. The Bertz CT molecular complexity index is 1250. The summed E-state index contributed by atoms with van der Waals surface area (Å²) in [5.74, 6) is 0.887. The molecule has 7 heteroatoms. The fourth-order valence-corrected chi connectivity index (χ4v) is 6.97. The third kappa shape index (κ3) is 4.66. The summed E-state index contributed by atoms with van der Waals surface area (Å²) in [5.41, 5.74) is 1.65. The molecular formula is C33H39NO6. The summed E-state index contributed by atoms with van der Waals surface area (Å²) >= 11 is 0. The van der Waals surface area contributed by atoms with Crippen molar-refractivity contribution in [1.29, 1.82) is 0 Å². The van der Waals surface area contributed by atoms with Crippen molar-refractivity contribution in [3.63, 3.8) is 0 Å². The van der Waals surface area contributed by atoms with Gasteiger partial charge >= 0.3 is 5.97 Å². The van der Waals surface area contributed by atoms with Gasteiger partial charge in [0.25, 0.3) is 0 Å². The highest BCUT2D eigenvalue weighted by Crippen LogP contribution is 2.50. The number of piperidine rings is 1. The van der Waals surface area contributed by atoms with Gasteiger partial charge in [0.1, 0.15) is 29.3 Å². The third-order valence-corrected chi connectivity index (χ3v) is 8.88. The Hall–Kier alpha value is -3.39. The lowest BCUT2D eigenvalue weighted by atomic mass is 9.79. The monoisotopic (exact) mass is 545 g/mol. The summed E-state index contributed by atoms with van der Waals surface area (Å²) in [7, 11) is 5.33. The van der Waals surface area contributed by atoms with Crippen LogP contribution in [0, 0.1) is 11.8 Å². The first-order valence-corrected chi connectivity index (χ1v) is 13.8. The number of ether oxygens (including phenoxy) is 4. The van der Waals surface area contributed by atoms with E-state index in [9.17, 15) is 9.90 Å². The van der Waals surface area contributed by atoms with Crippen LogP contribution in [-0.4, -0.2) is 67.6 Å². The lowest BCUT2D eigenvalue weighted by molar-refractivity contribution is -0.161. The summed E-state index contributed by atoms with van der Waals surface area (Å²) in [6.45, 7) is 5.51. The van der Waals surface area contributed by atoms with E-state index < -0.39 is 23.9 Å². The molecule has 2 fully saturated rings. The molecule has 0 radical (unpaired) electrons. The fourth-order valence-electron chi connectivity index (χ4n) is 6.97. The van der Waals surface area contributed by atoms with E-state index >= 15 is 0 Å². The number of methoxy groups -OCH3 is 2. The minimum Gasteiger partial charge on any atom is -0.497 e. The number of rotatable bonds is 8. The van der Waals surface area contributed by atoms with Crippen LogP contribution in [0.15, 0.2) is 78.9 Å². The van der Waals surface area contributed by atoms with E-state index in [0.29, 0.717) is 0 Å². The van der Waals surface area contributed by atoms with Gasteiger partial charge < -0.3 is 24.1 Å². The van der Waals surface area contributed by atoms with Crippen molar-refractivity contribution >= 4 is 5.97 Å². The second-order valence-electron chi connectivity index (χ2n) is 11.0. The molecule has 0 amide bonds. The van der Waals surface area contributed by atoms with Crippen molar-refractivity contribution in [3.8, 4) is 11.5 Å². The topological polar surface area (TPSA) is 77.5 Å². The molecule has 1 N–H and O–H groups in total. The van der Waals surface area contributed by atoms with Crippen molar-refractivity contribution < 1.29 is 28.8 Å². The number of carbonyl (C=O) groups is 1. The predicted molar refractivity (Wildman–Crippen MR) is 152 cm³/mol. The molecule has 0 spiro atoms. The number of esters is 1. The zero-order chi connectivity index (χ0) is 28.6. The van der Waals surface area contributed by atoms with Gasteiger partial charge in [0.05, 0.1) is 26.4 Å². The summed E-state index contributed by atoms with van der Waals surface area (Å²) in [6.07, 6.45) is -1.65. The predicted octanol–water partition coefficient (Wildman–Crippen LogP) is 4.64. The first-order valence-electron chi connectivity index (χ1n) is 13.8. The average Bonchev–Trinajstić information content (AvgIpc) is 3.20. The van der Waals surface area contributed by atoms with E-state index in [-0.39, 0.29) is 29.9 Å². The van der Waals surface area contributed by atoms with Crippen molar-refractivity contribution in [2.45, 2.75) is 56.8 Å². The van der Waals surface area contributed by atoms with E-state index in [1.165, 1.54) is 6.92 Å². The van der Waals surface area contributed by atoms with E-state index in [4.69, 9.17) is 18.9 Å². The van der Waals surface area contributed by atoms with Gasteiger partial charge in [0.15, 0.2) is 0 Å². The van der Waals surface area contributed by atoms with Gasteiger partial charge in [-0.15, -0.1) is 0 Å². The largest absolute Gasteiger partial charge is 0.497 e. The molecule has 2 bridgehead atoms. The van der Waals surface area contributed by atoms with Crippen LogP contribution in [0.2, 0.25) is 0 Å². The molecule has 7 nitrogen and oxygen atoms in total. The van der Waals surface area contributed by atoms with E-state index in [2.05, 4.69) is 24.0 Å². The number of aliphatic hydroxyl groups is 1. The summed E-state index contributed by atoms with van der Waals surface area (Å²) < 4.78 is 24.5. The Morgan fingerprint density at radius 2 is 1.20 bits per heavy atom. The number of fused-ring (bicyclic) bond motifs is 2. The van der Waals surface area contributed by atoms with Crippen molar-refractivity contribution in [3.05, 3.63) is 95.6 Å². The SMILES string of the molecule is COc1ccc(C(O[C@H]2[C@@H](OC(C)=O)[C@@H]3C(C)C(O)C(C)[C@H]2N3C)(c2ccccc2)c2ccc(OC)cc2)cc1. The van der Waals surface area contributed by atoms with Crippen LogP contribution in [0.1, 0.15) is 37.5 Å². The smallest absolute Gasteiger partial charge is 0.303 e. The number of hydrogen-bond donors (Lipinski definition) is 1. The normalized spacial score (nSPS) is 28.2. The highest BCUT2D eigenvalue weighted by molar-refractivity contribution is 5.66. The molecule has 2 heterocycles. The number of benzene rings is 3. The van der Waals surface area contributed by atoms with Gasteiger partial charge in [0.2, 0.25) is 0 Å². The van der Waals surface area contributed by atoms with Crippen LogP contribution >= 0.6 is 0 Å². The maximum atomic E-state index is 12.4. The second kappa shape index (κ2) is 11.2. The van der Waals surface area contributed by atoms with Crippen molar-refractivity contribution in [2.75, 3.05) is 21.3 Å². The number of aliphatic hydroxyl groups excluding tert-OH is 1. The molecule has 2 aliphatic rings. The zero-order valence-electron chi connectivity index (χ0n) is 24.0. The number of carbonyl (C=O) groups excluding carboxylic acids is 1. The number of hydrogen-bond acceptors (Lipinski definition) is 7. The third-order valence-electron chi connectivity index (χ3n) is 8.88. The number of nitrogens with zero attached hydrogens (tertiary/aromatic N) is 1. The minimum absolute atomic E-state index is 0.109. The molecule has 40 heavy (non-hydrogen) atoms. The molecule has 3 aromatic rings. The van der Waals surface area contributed by atoms with Crippen LogP contribution < -0.4 is 9.47 Å². The highest BCUT2D eigenvalue weighted by Gasteiger charge is 2.61. The van der Waals surface area contributed by atoms with E-state index in [0.717, 1.165) is 28.2 Å². The molecule has 5 rings (SSSR count). The molecule has 0 aromatic heterocycles. The quantitative estimate of drug-likeness (QED) is 0.326. The fraction of sp³-hybridized carbons (Fsp3) is 0.424. The molecule has 3 unspecified atom stereocenters. The summed E-state index contributed by atoms with van der Waals surface area (Å²) in [4.78, 5) is 14.7. The van der Waals surface area contributed by atoms with Gasteiger partial charge in [-0.25, -0.2) is 0 Å². The maximum Gasteiger partial charge on any atom is 0.303 e. The van der Waals surface area contributed by atoms with E-state index in [1.807, 2.05) is 80.7 Å². The maximum absolute atomic E-state index is 12.4. The lowest BCUT2D eigenvalue weighted by Crippen LogP contribution is -2.55. The lowest BCUT2D eigenvalue weighted by Gasteiger charge is -2.45. The standard InChI is InChI=1S/C33H39NO6/c1-20-28-31(39-22(3)35)32(29(34(28)4)21(2)30(20)36)40-33(23-10-8-7-9-11-23,24-12-16-26(37-5)17-13-24)25-14-18-27(38-6)19-15-25/h7-21,28-32,36H,1-6H3/t20?,21?,28-,29+,30?,31-,32+/m0/s1. The summed E-state index contributed by atoms with van der Waals surface area (Å²) in [6, 6.07) is 25.5. The molecule has 2 saturated heterocycles. The van der Waals surface area contributed by atoms with Crippen LogP contribution in [0.25, 0.3) is 0 Å². The first kappa shape index (κ1) is 28.1. The number of likely N-dealkylation sites (N-methyl/N-ethyl adjacent to an activating group) is 1. The average molecular weight is 546 g/mol. The van der Waals surface area contributed by atoms with Gasteiger partial charge in [-0.3, -0.25) is 9.69 Å².